The lowest BCUT2D eigenvalue weighted by Crippen LogP contribution is -2.22. The van der Waals surface area contributed by atoms with Gasteiger partial charge in [0, 0.05) is 12.6 Å². The highest BCUT2D eigenvalue weighted by Gasteiger charge is 1.97. The second-order valence-electron chi connectivity index (χ2n) is 4.77. The Morgan fingerprint density at radius 1 is 1.10 bits per heavy atom. The van der Waals surface area contributed by atoms with Gasteiger partial charge in [-0.05, 0) is 42.2 Å². The second-order valence-corrected chi connectivity index (χ2v) is 4.77. The molecule has 0 unspecified atom stereocenters. The monoisotopic (exact) mass is 283 g/mol. The van der Waals surface area contributed by atoms with Gasteiger partial charge in [0.2, 0.25) is 5.91 Å². The molecule has 0 saturated carbocycles. The van der Waals surface area contributed by atoms with E-state index in [4.69, 9.17) is 0 Å². The van der Waals surface area contributed by atoms with Gasteiger partial charge in [0.05, 0.1) is 0 Å². The van der Waals surface area contributed by atoms with E-state index in [0.717, 1.165) is 12.8 Å². The number of amides is 1. The minimum atomic E-state index is -0.305. The van der Waals surface area contributed by atoms with Gasteiger partial charge in [-0.2, -0.15) is 0 Å². The molecule has 2 rings (SSSR count). The molecule has 0 saturated heterocycles. The van der Waals surface area contributed by atoms with Crippen molar-refractivity contribution >= 4 is 12.0 Å². The van der Waals surface area contributed by atoms with E-state index in [2.05, 4.69) is 17.4 Å². The third-order valence-corrected chi connectivity index (χ3v) is 3.06. The van der Waals surface area contributed by atoms with Crippen molar-refractivity contribution in [2.45, 2.75) is 12.8 Å². The normalized spacial score (nSPS) is 10.7. The maximum Gasteiger partial charge on any atom is 0.243 e. The Morgan fingerprint density at radius 2 is 1.90 bits per heavy atom. The molecule has 0 spiro atoms. The fourth-order valence-corrected chi connectivity index (χ4v) is 1.99. The third kappa shape index (κ3) is 5.61. The summed E-state index contributed by atoms with van der Waals surface area (Å²) >= 11 is 0. The number of hydrogen-bond acceptors (Lipinski definition) is 1. The van der Waals surface area contributed by atoms with Crippen molar-refractivity contribution < 1.29 is 9.18 Å². The Morgan fingerprint density at radius 3 is 2.67 bits per heavy atom. The minimum absolute atomic E-state index is 0.160. The van der Waals surface area contributed by atoms with Gasteiger partial charge in [0.25, 0.3) is 0 Å². The Labute approximate surface area is 124 Å². The van der Waals surface area contributed by atoms with Gasteiger partial charge in [0.1, 0.15) is 5.82 Å². The van der Waals surface area contributed by atoms with Crippen LogP contribution in [0, 0.1) is 5.82 Å². The Bertz CT molecular complexity index is 608. The molecule has 0 aliphatic rings. The van der Waals surface area contributed by atoms with E-state index < -0.39 is 0 Å². The summed E-state index contributed by atoms with van der Waals surface area (Å²) in [6, 6.07) is 16.3. The highest BCUT2D eigenvalue weighted by Crippen LogP contribution is 2.05. The maximum atomic E-state index is 13.0. The zero-order valence-corrected chi connectivity index (χ0v) is 11.8. The predicted molar refractivity (Wildman–Crippen MR) is 83.2 cm³/mol. The van der Waals surface area contributed by atoms with Gasteiger partial charge >= 0.3 is 0 Å². The first kappa shape index (κ1) is 15.0. The number of nitrogens with one attached hydrogen (secondary N) is 1. The van der Waals surface area contributed by atoms with Gasteiger partial charge in [-0.3, -0.25) is 4.79 Å². The van der Waals surface area contributed by atoms with Gasteiger partial charge in [-0.1, -0.05) is 42.5 Å². The summed E-state index contributed by atoms with van der Waals surface area (Å²) in [6.45, 7) is 0.626. The van der Waals surface area contributed by atoms with Crippen LogP contribution in [0.5, 0.6) is 0 Å². The van der Waals surface area contributed by atoms with Crippen molar-refractivity contribution in [3.8, 4) is 0 Å². The summed E-state index contributed by atoms with van der Waals surface area (Å²) in [5.74, 6) is -0.465. The zero-order chi connectivity index (χ0) is 14.9. The molecule has 108 valence electrons. The Balaban J connectivity index is 1.70. The van der Waals surface area contributed by atoms with Crippen LogP contribution in [0.1, 0.15) is 17.5 Å². The molecule has 1 N–H and O–H groups in total. The van der Waals surface area contributed by atoms with Gasteiger partial charge < -0.3 is 5.32 Å². The number of carbonyl (C=O) groups is 1. The fourth-order valence-electron chi connectivity index (χ4n) is 1.99. The molecule has 0 bridgehead atoms. The first-order valence-electron chi connectivity index (χ1n) is 6.99. The van der Waals surface area contributed by atoms with E-state index in [-0.39, 0.29) is 11.7 Å². The summed E-state index contributed by atoms with van der Waals surface area (Å²) in [6.07, 6.45) is 4.87. The molecule has 2 aromatic rings. The van der Waals surface area contributed by atoms with Crippen LogP contribution in [-0.4, -0.2) is 12.5 Å². The summed E-state index contributed by atoms with van der Waals surface area (Å²) in [5, 5.41) is 2.82. The summed E-state index contributed by atoms with van der Waals surface area (Å²) in [4.78, 5) is 11.6. The number of benzene rings is 2. The molecule has 0 atom stereocenters. The van der Waals surface area contributed by atoms with E-state index in [1.54, 1.807) is 18.2 Å². The smallest absolute Gasteiger partial charge is 0.243 e. The predicted octanol–water partition coefficient (Wildman–Crippen LogP) is 3.59. The first-order chi connectivity index (χ1) is 10.2. The molecular formula is C18H18FNO. The lowest BCUT2D eigenvalue weighted by molar-refractivity contribution is -0.116. The van der Waals surface area contributed by atoms with Crippen molar-refractivity contribution in [1.29, 1.82) is 0 Å². The highest BCUT2D eigenvalue weighted by atomic mass is 19.1. The van der Waals surface area contributed by atoms with Gasteiger partial charge in [-0.15, -0.1) is 0 Å². The summed E-state index contributed by atoms with van der Waals surface area (Å²) in [5.41, 5.74) is 1.94. The molecule has 0 aliphatic carbocycles. The molecule has 2 nitrogen and oxygen atoms in total. The van der Waals surface area contributed by atoms with E-state index in [1.807, 2.05) is 18.2 Å². The largest absolute Gasteiger partial charge is 0.353 e. The molecular weight excluding hydrogens is 265 g/mol. The van der Waals surface area contributed by atoms with Crippen molar-refractivity contribution in [2.75, 3.05) is 6.54 Å². The molecule has 0 aromatic heterocycles. The van der Waals surface area contributed by atoms with Crippen molar-refractivity contribution in [2.24, 2.45) is 0 Å². The number of rotatable bonds is 6. The molecule has 3 heteroatoms. The van der Waals surface area contributed by atoms with E-state index >= 15 is 0 Å². The molecule has 0 heterocycles. The van der Waals surface area contributed by atoms with Crippen LogP contribution in [0.15, 0.2) is 60.7 Å². The first-order valence-corrected chi connectivity index (χ1v) is 6.99. The molecule has 1 amide bonds. The summed E-state index contributed by atoms with van der Waals surface area (Å²) < 4.78 is 13.0. The number of carbonyl (C=O) groups excluding carboxylic acids is 1. The molecule has 0 radical (unpaired) electrons. The zero-order valence-electron chi connectivity index (χ0n) is 11.8. The SMILES string of the molecule is O=C(C=Cc1cccc(F)c1)NCCCc1ccccc1. The van der Waals surface area contributed by atoms with Crippen LogP contribution >= 0.6 is 0 Å². The second kappa shape index (κ2) is 8.00. The van der Waals surface area contributed by atoms with Crippen molar-refractivity contribution in [3.05, 3.63) is 77.6 Å². The maximum absolute atomic E-state index is 13.0. The number of halogens is 1. The van der Waals surface area contributed by atoms with Crippen molar-refractivity contribution in [3.63, 3.8) is 0 Å². The standard InChI is InChI=1S/C18H18FNO/c19-17-10-4-8-16(14-17)11-12-18(21)20-13-5-9-15-6-2-1-3-7-15/h1-4,6-8,10-12,14H,5,9,13H2,(H,20,21). The average molecular weight is 283 g/mol. The average Bonchev–Trinajstić information content (AvgIpc) is 2.51. The van der Waals surface area contributed by atoms with E-state index in [1.165, 1.54) is 23.8 Å². The third-order valence-electron chi connectivity index (χ3n) is 3.06. The van der Waals surface area contributed by atoms with Crippen LogP contribution < -0.4 is 5.32 Å². The minimum Gasteiger partial charge on any atom is -0.353 e. The van der Waals surface area contributed by atoms with E-state index in [0.29, 0.717) is 12.1 Å². The van der Waals surface area contributed by atoms with Crippen LogP contribution in [-0.2, 0) is 11.2 Å². The van der Waals surface area contributed by atoms with Gasteiger partial charge in [0.15, 0.2) is 0 Å². The Hall–Kier alpha value is -2.42. The Kier molecular flexibility index (Phi) is 5.71. The van der Waals surface area contributed by atoms with Crippen molar-refractivity contribution in [1.82, 2.24) is 5.32 Å². The van der Waals surface area contributed by atoms with E-state index in [9.17, 15) is 9.18 Å². The molecule has 21 heavy (non-hydrogen) atoms. The van der Waals surface area contributed by atoms with Crippen LogP contribution in [0.25, 0.3) is 6.08 Å². The van der Waals surface area contributed by atoms with Crippen LogP contribution in [0.3, 0.4) is 0 Å². The fraction of sp³-hybridized carbons (Fsp3) is 0.167. The van der Waals surface area contributed by atoms with Gasteiger partial charge in [-0.25, -0.2) is 4.39 Å². The molecule has 0 aliphatic heterocycles. The van der Waals surface area contributed by atoms with Crippen LogP contribution in [0.2, 0.25) is 0 Å². The lowest BCUT2D eigenvalue weighted by atomic mass is 10.1. The lowest BCUT2D eigenvalue weighted by Gasteiger charge is -2.02. The molecule has 2 aromatic carbocycles. The summed E-state index contributed by atoms with van der Waals surface area (Å²) in [7, 11) is 0. The molecule has 0 fully saturated rings. The number of aryl methyl sites for hydroxylation is 1. The van der Waals surface area contributed by atoms with Crippen LogP contribution in [0.4, 0.5) is 4.39 Å². The topological polar surface area (TPSA) is 29.1 Å². The highest BCUT2D eigenvalue weighted by molar-refractivity contribution is 5.91. The number of hydrogen-bond donors (Lipinski definition) is 1. The quantitative estimate of drug-likeness (QED) is 0.637.